The number of aromatic nitrogens is 1. The molecule has 0 N–H and O–H groups in total. The molecule has 0 saturated heterocycles. The Kier molecular flexibility index (Phi) is 2.98. The normalized spacial score (nSPS) is 11.5. The van der Waals surface area contributed by atoms with Crippen LogP contribution in [-0.2, 0) is 7.05 Å². The number of rotatable bonds is 1. The van der Waals surface area contributed by atoms with E-state index in [-0.39, 0.29) is 5.82 Å². The van der Waals surface area contributed by atoms with Crippen LogP contribution >= 0.6 is 0 Å². The quantitative estimate of drug-likeness (QED) is 0.460. The van der Waals surface area contributed by atoms with Crippen LogP contribution in [0, 0.1) is 19.7 Å². The van der Waals surface area contributed by atoms with E-state index >= 15 is 0 Å². The maximum atomic E-state index is 13.5. The molecule has 114 valence electrons. The van der Waals surface area contributed by atoms with Crippen molar-refractivity contribution in [3.05, 3.63) is 65.6 Å². The number of benzene rings is 2. The first-order chi connectivity index (χ1) is 11.0. The summed E-state index contributed by atoms with van der Waals surface area (Å²) in [6.45, 7) is 4.14. The van der Waals surface area contributed by atoms with Crippen molar-refractivity contribution in [2.75, 3.05) is 0 Å². The molecule has 0 aliphatic rings. The topological polar surface area (TPSA) is 17.0 Å². The predicted octanol–water partition coefficient (Wildman–Crippen LogP) is 4.83. The second-order valence-corrected chi connectivity index (χ2v) is 6.08. The van der Waals surface area contributed by atoms with Crippen LogP contribution in [0.25, 0.3) is 33.2 Å². The zero-order chi connectivity index (χ0) is 16.1. The largest absolute Gasteiger partial charge is 0.455 e. The molecule has 0 fully saturated rings. The van der Waals surface area contributed by atoms with Gasteiger partial charge in [-0.15, -0.1) is 0 Å². The Labute approximate surface area is 133 Å². The lowest BCUT2D eigenvalue weighted by Crippen LogP contribution is -2.31. The summed E-state index contributed by atoms with van der Waals surface area (Å²) >= 11 is 0. The molecule has 4 aromatic rings. The number of nitrogens with zero attached hydrogens (tertiary/aromatic N) is 1. The molecule has 3 heteroatoms. The average Bonchev–Trinajstić information content (AvgIpc) is 2.85. The molecule has 0 aliphatic heterocycles. The van der Waals surface area contributed by atoms with Crippen LogP contribution < -0.4 is 4.57 Å². The Morgan fingerprint density at radius 1 is 0.957 bits per heavy atom. The molecule has 0 amide bonds. The van der Waals surface area contributed by atoms with Gasteiger partial charge in [0.1, 0.15) is 24.0 Å². The Bertz CT molecular complexity index is 1060. The van der Waals surface area contributed by atoms with Crippen LogP contribution in [0.2, 0.25) is 0 Å². The van der Waals surface area contributed by atoms with Crippen molar-refractivity contribution in [1.82, 2.24) is 0 Å². The van der Waals surface area contributed by atoms with Gasteiger partial charge >= 0.3 is 0 Å². The van der Waals surface area contributed by atoms with Gasteiger partial charge in [-0.1, -0.05) is 12.1 Å². The Morgan fingerprint density at radius 3 is 2.52 bits per heavy atom. The lowest BCUT2D eigenvalue weighted by molar-refractivity contribution is -0.660. The van der Waals surface area contributed by atoms with Crippen molar-refractivity contribution in [2.45, 2.75) is 13.8 Å². The van der Waals surface area contributed by atoms with E-state index in [2.05, 4.69) is 42.8 Å². The van der Waals surface area contributed by atoms with E-state index in [4.69, 9.17) is 4.42 Å². The summed E-state index contributed by atoms with van der Waals surface area (Å²) in [6, 6.07) is 13.0. The number of pyridine rings is 1. The number of hydrogen-bond acceptors (Lipinski definition) is 1. The third-order valence-electron chi connectivity index (χ3n) is 4.35. The lowest BCUT2D eigenvalue weighted by atomic mass is 10.0. The summed E-state index contributed by atoms with van der Waals surface area (Å²) in [6.07, 6.45) is 2.09. The Balaban J connectivity index is 2.13. The van der Waals surface area contributed by atoms with Crippen molar-refractivity contribution in [1.29, 1.82) is 0 Å². The van der Waals surface area contributed by atoms with E-state index in [1.165, 1.54) is 17.7 Å². The third kappa shape index (κ3) is 2.12. The highest BCUT2D eigenvalue weighted by Crippen LogP contribution is 2.36. The number of aryl methyl sites for hydroxylation is 3. The van der Waals surface area contributed by atoms with E-state index in [1.54, 1.807) is 6.07 Å². The second-order valence-electron chi connectivity index (χ2n) is 6.08. The van der Waals surface area contributed by atoms with Gasteiger partial charge in [0.15, 0.2) is 6.20 Å². The van der Waals surface area contributed by atoms with E-state index in [0.29, 0.717) is 5.58 Å². The minimum absolute atomic E-state index is 0.282. The number of halogens is 1. The van der Waals surface area contributed by atoms with Crippen molar-refractivity contribution in [3.63, 3.8) is 0 Å². The molecule has 0 unspecified atom stereocenters. The molecule has 0 saturated carbocycles. The Morgan fingerprint density at radius 2 is 1.74 bits per heavy atom. The highest BCUT2D eigenvalue weighted by Gasteiger charge is 2.20. The van der Waals surface area contributed by atoms with Gasteiger partial charge in [0, 0.05) is 28.5 Å². The first-order valence-corrected chi connectivity index (χ1v) is 7.62. The maximum Gasteiger partial charge on any atom is 0.216 e. The molecule has 2 heterocycles. The molecule has 0 aliphatic carbocycles. The molecule has 2 aromatic carbocycles. The molecule has 0 spiro atoms. The van der Waals surface area contributed by atoms with Crippen LogP contribution in [0.3, 0.4) is 0 Å². The summed E-state index contributed by atoms with van der Waals surface area (Å²) in [5.41, 5.74) is 5.87. The molecule has 2 aromatic heterocycles. The molecule has 4 rings (SSSR count). The molecule has 23 heavy (non-hydrogen) atoms. The molecule has 0 bridgehead atoms. The third-order valence-corrected chi connectivity index (χ3v) is 4.35. The Hall–Kier alpha value is -2.68. The monoisotopic (exact) mass is 306 g/mol. The van der Waals surface area contributed by atoms with Gasteiger partial charge in [-0.3, -0.25) is 0 Å². The molecular formula is C20H17FNO+. The average molecular weight is 306 g/mol. The van der Waals surface area contributed by atoms with Gasteiger partial charge in [-0.05, 0) is 37.6 Å². The van der Waals surface area contributed by atoms with Crippen molar-refractivity contribution in [3.8, 4) is 11.3 Å². The fraction of sp³-hybridized carbons (Fsp3) is 0.150. The predicted molar refractivity (Wildman–Crippen MR) is 89.8 cm³/mol. The molecule has 0 atom stereocenters. The van der Waals surface area contributed by atoms with E-state index < -0.39 is 0 Å². The van der Waals surface area contributed by atoms with Crippen LogP contribution in [0.4, 0.5) is 4.39 Å². The zero-order valence-electron chi connectivity index (χ0n) is 13.4. The smallest absolute Gasteiger partial charge is 0.216 e. The van der Waals surface area contributed by atoms with Gasteiger partial charge < -0.3 is 4.42 Å². The number of hydrogen-bond donors (Lipinski definition) is 0. The van der Waals surface area contributed by atoms with Crippen molar-refractivity contribution in [2.24, 2.45) is 7.05 Å². The van der Waals surface area contributed by atoms with Gasteiger partial charge in [-0.2, -0.15) is 0 Å². The van der Waals surface area contributed by atoms with Gasteiger partial charge in [-0.25, -0.2) is 8.96 Å². The first kappa shape index (κ1) is 13.9. The summed E-state index contributed by atoms with van der Waals surface area (Å²) < 4.78 is 21.6. The molecule has 2 nitrogen and oxygen atoms in total. The van der Waals surface area contributed by atoms with Crippen LogP contribution in [0.1, 0.15) is 11.1 Å². The highest BCUT2D eigenvalue weighted by atomic mass is 19.1. The lowest BCUT2D eigenvalue weighted by Gasteiger charge is -2.05. The van der Waals surface area contributed by atoms with Gasteiger partial charge in [0.25, 0.3) is 0 Å². The summed E-state index contributed by atoms with van der Waals surface area (Å²) in [7, 11) is 2.03. The minimum atomic E-state index is -0.282. The summed E-state index contributed by atoms with van der Waals surface area (Å²) in [5, 5.41) is 1.96. The van der Waals surface area contributed by atoms with Crippen LogP contribution in [0.15, 0.2) is 53.1 Å². The van der Waals surface area contributed by atoms with E-state index in [0.717, 1.165) is 33.2 Å². The molecule has 0 radical (unpaired) electrons. The van der Waals surface area contributed by atoms with Gasteiger partial charge in [0.05, 0.1) is 5.56 Å². The van der Waals surface area contributed by atoms with Crippen LogP contribution in [-0.4, -0.2) is 0 Å². The maximum absolute atomic E-state index is 13.5. The SMILES string of the molecule is Cc1ccc(-c2c(C)ccc3c2oc2cc(F)ccc23)[n+](C)c1. The highest BCUT2D eigenvalue weighted by molar-refractivity contribution is 6.09. The first-order valence-electron chi connectivity index (χ1n) is 7.62. The van der Waals surface area contributed by atoms with Crippen molar-refractivity contribution >= 4 is 21.9 Å². The number of fused-ring (bicyclic) bond motifs is 3. The fourth-order valence-electron chi connectivity index (χ4n) is 3.24. The molecular weight excluding hydrogens is 289 g/mol. The van der Waals surface area contributed by atoms with E-state index in [9.17, 15) is 4.39 Å². The zero-order valence-corrected chi connectivity index (χ0v) is 13.4. The van der Waals surface area contributed by atoms with Gasteiger partial charge in [0.2, 0.25) is 5.69 Å². The number of furan rings is 1. The standard InChI is InChI=1S/C20H17FNO/c1-12-4-9-17(22(3)11-12)19-13(2)5-7-16-15-8-6-14(21)10-18(15)23-20(16)19/h4-11H,1-3H3/q+1. The summed E-state index contributed by atoms with van der Waals surface area (Å²) in [5.74, 6) is -0.282. The minimum Gasteiger partial charge on any atom is -0.455 e. The van der Waals surface area contributed by atoms with E-state index in [1.807, 2.05) is 13.1 Å². The summed E-state index contributed by atoms with van der Waals surface area (Å²) in [4.78, 5) is 0. The fourth-order valence-corrected chi connectivity index (χ4v) is 3.24. The van der Waals surface area contributed by atoms with Crippen LogP contribution in [0.5, 0.6) is 0 Å². The van der Waals surface area contributed by atoms with Crippen molar-refractivity contribution < 1.29 is 13.4 Å². The second kappa shape index (κ2) is 4.92.